The minimum absolute atomic E-state index is 0.0995. The molecular weight excluding hydrogens is 428 g/mol. The molecule has 0 saturated heterocycles. The van der Waals surface area contributed by atoms with Crippen molar-refractivity contribution in [3.05, 3.63) is 0 Å². The first-order valence-electron chi connectivity index (χ1n) is 10.6. The number of aliphatic carboxylic acids is 1. The molecule has 2 atom stereocenters. The molecular formula is C20H36N2O6S2. The largest absolute Gasteiger partial charge is 0.478 e. The Morgan fingerprint density at radius 2 is 1.67 bits per heavy atom. The van der Waals surface area contributed by atoms with E-state index in [1.54, 1.807) is 13.8 Å². The van der Waals surface area contributed by atoms with Crippen LogP contribution in [0.4, 0.5) is 0 Å². The second kappa shape index (κ2) is 10.2. The van der Waals surface area contributed by atoms with Crippen molar-refractivity contribution >= 4 is 34.6 Å². The Morgan fingerprint density at radius 1 is 1.20 bits per heavy atom. The summed E-state index contributed by atoms with van der Waals surface area (Å²) < 4.78 is 28.5. The molecule has 0 aliphatic heterocycles. The summed E-state index contributed by atoms with van der Waals surface area (Å²) in [6.45, 7) is 2.80. The molecule has 10 heteroatoms. The van der Waals surface area contributed by atoms with E-state index < -0.39 is 40.5 Å². The van der Waals surface area contributed by atoms with Gasteiger partial charge in [-0.3, -0.25) is 4.79 Å². The van der Waals surface area contributed by atoms with Crippen molar-refractivity contribution in [1.82, 2.24) is 4.31 Å². The van der Waals surface area contributed by atoms with Crippen molar-refractivity contribution in [2.45, 2.75) is 64.0 Å². The van der Waals surface area contributed by atoms with Gasteiger partial charge in [-0.1, -0.05) is 13.8 Å². The van der Waals surface area contributed by atoms with Gasteiger partial charge in [-0.25, -0.2) is 13.2 Å². The number of nitrogens with zero attached hydrogens (tertiary/aromatic N) is 1. The number of likely N-dealkylation sites (N-methyl/N-ethyl adjacent to an activating group) is 1. The highest BCUT2D eigenvalue weighted by molar-refractivity contribution is 7.88. The summed E-state index contributed by atoms with van der Waals surface area (Å²) in [6.07, 6.45) is 8.01. The van der Waals surface area contributed by atoms with Gasteiger partial charge in [0.1, 0.15) is 0 Å². The third kappa shape index (κ3) is 6.83. The Labute approximate surface area is 185 Å². The number of ether oxygens (including phenoxy) is 1. The van der Waals surface area contributed by atoms with E-state index in [0.717, 1.165) is 28.3 Å². The molecule has 0 radical (unpaired) electrons. The van der Waals surface area contributed by atoms with Crippen LogP contribution in [0, 0.1) is 23.7 Å². The van der Waals surface area contributed by atoms with Crippen molar-refractivity contribution in [2.24, 2.45) is 29.4 Å². The average Bonchev–Trinajstić information content (AvgIpc) is 2.61. The maximum atomic E-state index is 11.5. The number of hydrogen-bond acceptors (Lipinski definition) is 7. The first kappa shape index (κ1) is 25.4. The number of nitrogens with two attached hydrogens (primary N) is 1. The van der Waals surface area contributed by atoms with E-state index in [0.29, 0.717) is 5.54 Å². The number of carbonyl (C=O) groups excluding carboxylic acids is 1. The molecule has 0 spiro atoms. The number of thiol groups is 1. The zero-order valence-corrected chi connectivity index (χ0v) is 19.8. The van der Waals surface area contributed by atoms with Crippen molar-refractivity contribution in [3.8, 4) is 0 Å². The van der Waals surface area contributed by atoms with Gasteiger partial charge >= 0.3 is 11.9 Å². The molecule has 4 aliphatic carbocycles. The molecule has 0 amide bonds. The molecule has 1 unspecified atom stereocenters. The molecule has 4 saturated carbocycles. The van der Waals surface area contributed by atoms with Gasteiger partial charge in [-0.2, -0.15) is 16.9 Å². The molecule has 0 aromatic carbocycles. The third-order valence-electron chi connectivity index (χ3n) is 6.49. The Kier molecular flexibility index (Phi) is 8.63. The van der Waals surface area contributed by atoms with E-state index in [9.17, 15) is 18.0 Å². The van der Waals surface area contributed by atoms with E-state index in [4.69, 9.17) is 15.6 Å². The molecule has 174 valence electrons. The molecule has 0 aromatic rings. The molecule has 4 aliphatic rings. The average molecular weight is 465 g/mol. The van der Waals surface area contributed by atoms with Gasteiger partial charge in [0, 0.05) is 17.8 Å². The highest BCUT2D eigenvalue weighted by Crippen LogP contribution is 2.54. The standard InChI is InChI=1S/C10H19NO6S2.C10H17N/c1-4-11(19(3,15)16)5-8(9(12)13)17-10(14)7(2)6-18;11-10-4-7-1-8(5-10)3-9(2-7)6-10/h7-8,18H,4-6H2,1-3H3,(H,12,13);7-9H,1-6,11H2/t7-,8?;/m1./s1. The van der Waals surface area contributed by atoms with Crippen molar-refractivity contribution in [1.29, 1.82) is 0 Å². The fraction of sp³-hybridized carbons (Fsp3) is 0.900. The summed E-state index contributed by atoms with van der Waals surface area (Å²) >= 11 is 3.91. The van der Waals surface area contributed by atoms with Gasteiger partial charge in [0.05, 0.1) is 18.7 Å². The summed E-state index contributed by atoms with van der Waals surface area (Å²) in [6, 6.07) is 0. The Bertz CT molecular complexity index is 692. The van der Waals surface area contributed by atoms with Gasteiger partial charge in [0.25, 0.3) is 0 Å². The third-order valence-corrected chi connectivity index (χ3v) is 8.38. The number of hydrogen-bond donors (Lipinski definition) is 3. The lowest BCUT2D eigenvalue weighted by Crippen LogP contribution is -2.55. The Morgan fingerprint density at radius 3 is 1.97 bits per heavy atom. The van der Waals surface area contributed by atoms with Crippen LogP contribution in [0.3, 0.4) is 0 Å². The fourth-order valence-corrected chi connectivity index (χ4v) is 6.38. The number of esters is 1. The number of carbonyl (C=O) groups is 2. The minimum Gasteiger partial charge on any atom is -0.478 e. The van der Waals surface area contributed by atoms with Crippen LogP contribution >= 0.6 is 12.6 Å². The lowest BCUT2D eigenvalue weighted by Gasteiger charge is -2.55. The first-order valence-corrected chi connectivity index (χ1v) is 13.1. The van der Waals surface area contributed by atoms with Crippen LogP contribution < -0.4 is 5.73 Å². The lowest BCUT2D eigenvalue weighted by atomic mass is 9.53. The second-order valence-electron chi connectivity index (χ2n) is 9.34. The van der Waals surface area contributed by atoms with Crippen LogP contribution in [0.25, 0.3) is 0 Å². The summed E-state index contributed by atoms with van der Waals surface area (Å²) in [5.74, 6) is 0.616. The first-order chi connectivity index (χ1) is 13.9. The zero-order valence-electron chi connectivity index (χ0n) is 18.1. The van der Waals surface area contributed by atoms with Crippen LogP contribution in [-0.2, 0) is 24.3 Å². The highest BCUT2D eigenvalue weighted by Gasteiger charge is 2.48. The molecule has 0 aromatic heterocycles. The highest BCUT2D eigenvalue weighted by atomic mass is 32.2. The quantitative estimate of drug-likeness (QED) is 0.369. The number of carboxylic acids is 1. The molecule has 4 fully saturated rings. The topological polar surface area (TPSA) is 127 Å². The summed E-state index contributed by atoms with van der Waals surface area (Å²) in [5.41, 5.74) is 6.62. The van der Waals surface area contributed by atoms with Gasteiger partial charge in [-0.15, -0.1) is 0 Å². The second-order valence-corrected chi connectivity index (χ2v) is 11.7. The molecule has 0 heterocycles. The van der Waals surface area contributed by atoms with Gasteiger partial charge in [-0.05, 0) is 56.3 Å². The van der Waals surface area contributed by atoms with Gasteiger partial charge in [0.15, 0.2) is 0 Å². The van der Waals surface area contributed by atoms with E-state index in [1.807, 2.05) is 0 Å². The van der Waals surface area contributed by atoms with Crippen molar-refractivity contribution < 1.29 is 27.9 Å². The van der Waals surface area contributed by atoms with Crippen LogP contribution in [0.15, 0.2) is 0 Å². The number of carboxylic acid groups (broad SMARTS) is 1. The molecule has 4 rings (SSSR count). The smallest absolute Gasteiger partial charge is 0.346 e. The van der Waals surface area contributed by atoms with E-state index >= 15 is 0 Å². The molecule has 4 bridgehead atoms. The fourth-order valence-electron chi connectivity index (χ4n) is 5.36. The van der Waals surface area contributed by atoms with Gasteiger partial charge in [0.2, 0.25) is 16.1 Å². The lowest BCUT2D eigenvalue weighted by molar-refractivity contribution is -0.166. The summed E-state index contributed by atoms with van der Waals surface area (Å²) in [4.78, 5) is 22.5. The SMILES string of the molecule is CCN(CC(OC(=O)[C@H](C)CS)C(=O)O)S(C)(=O)=O.NC12CC3CC(CC(C3)C1)C2. The minimum atomic E-state index is -3.54. The van der Waals surface area contributed by atoms with Crippen LogP contribution in [0.2, 0.25) is 0 Å². The Hall–Kier alpha value is -0.840. The monoisotopic (exact) mass is 464 g/mol. The normalized spacial score (nSPS) is 31.6. The van der Waals surface area contributed by atoms with Crippen LogP contribution in [0.5, 0.6) is 0 Å². The predicted octanol–water partition coefficient (Wildman–Crippen LogP) is 1.74. The van der Waals surface area contributed by atoms with Crippen LogP contribution in [0.1, 0.15) is 52.4 Å². The predicted molar refractivity (Wildman–Crippen MR) is 118 cm³/mol. The number of rotatable bonds is 8. The van der Waals surface area contributed by atoms with Crippen molar-refractivity contribution in [3.63, 3.8) is 0 Å². The maximum Gasteiger partial charge on any atom is 0.346 e. The van der Waals surface area contributed by atoms with Crippen molar-refractivity contribution in [2.75, 3.05) is 25.1 Å². The molecule has 3 N–H and O–H groups in total. The van der Waals surface area contributed by atoms with E-state index in [-0.39, 0.29) is 12.3 Å². The van der Waals surface area contributed by atoms with E-state index in [1.165, 1.54) is 38.5 Å². The molecule has 30 heavy (non-hydrogen) atoms. The van der Waals surface area contributed by atoms with Gasteiger partial charge < -0.3 is 15.6 Å². The number of sulfonamides is 1. The summed E-state index contributed by atoms with van der Waals surface area (Å²) in [7, 11) is -3.54. The Balaban J connectivity index is 0.000000240. The van der Waals surface area contributed by atoms with Crippen LogP contribution in [-0.4, -0.2) is 66.5 Å². The van der Waals surface area contributed by atoms with E-state index in [2.05, 4.69) is 12.6 Å². The zero-order chi connectivity index (χ0) is 22.7. The molecule has 8 nitrogen and oxygen atoms in total. The maximum absolute atomic E-state index is 11.5. The summed E-state index contributed by atoms with van der Waals surface area (Å²) in [5, 5.41) is 8.97.